The Labute approximate surface area is 164 Å². The third-order valence-corrected chi connectivity index (χ3v) is 5.00. The van der Waals surface area contributed by atoms with Gasteiger partial charge in [-0.1, -0.05) is 6.07 Å². The van der Waals surface area contributed by atoms with E-state index < -0.39 is 11.5 Å². The Bertz CT molecular complexity index is 1040. The van der Waals surface area contributed by atoms with Crippen molar-refractivity contribution in [2.75, 3.05) is 6.61 Å². The molecule has 0 saturated carbocycles. The number of aromatic nitrogens is 1. The molecule has 1 aromatic carbocycles. The van der Waals surface area contributed by atoms with Gasteiger partial charge < -0.3 is 9.72 Å². The van der Waals surface area contributed by atoms with E-state index in [9.17, 15) is 14.4 Å². The predicted molar refractivity (Wildman–Crippen MR) is 106 cm³/mol. The van der Waals surface area contributed by atoms with E-state index in [-0.39, 0.29) is 24.4 Å². The fraction of sp³-hybridized carbons (Fsp3) is 0.364. The van der Waals surface area contributed by atoms with Gasteiger partial charge in [-0.15, -0.1) is 0 Å². The lowest BCUT2D eigenvalue weighted by molar-refractivity contribution is -0.142. The maximum absolute atomic E-state index is 12.4. The van der Waals surface area contributed by atoms with E-state index in [1.54, 1.807) is 13.8 Å². The Morgan fingerprint density at radius 3 is 2.36 bits per heavy atom. The van der Waals surface area contributed by atoms with Crippen LogP contribution in [0.3, 0.4) is 0 Å². The fourth-order valence-electron chi connectivity index (χ4n) is 3.20. The smallest absolute Gasteiger partial charge is 0.306 e. The van der Waals surface area contributed by atoms with Gasteiger partial charge in [0.2, 0.25) is 5.78 Å². The number of carbonyl (C=O) groups excluding carboxylic acids is 2. The summed E-state index contributed by atoms with van der Waals surface area (Å²) in [6.07, 6.45) is 0.372. The molecule has 0 aliphatic rings. The largest absolute Gasteiger partial charge is 0.457 e. The number of esters is 1. The van der Waals surface area contributed by atoms with E-state index in [2.05, 4.69) is 4.98 Å². The van der Waals surface area contributed by atoms with Crippen LogP contribution < -0.4 is 5.56 Å². The number of benzene rings is 1. The van der Waals surface area contributed by atoms with Crippen molar-refractivity contribution in [1.29, 1.82) is 5.26 Å². The third-order valence-electron chi connectivity index (χ3n) is 5.00. The minimum Gasteiger partial charge on any atom is -0.457 e. The molecule has 2 rings (SSSR count). The molecule has 1 N–H and O–H groups in total. The number of pyridine rings is 1. The van der Waals surface area contributed by atoms with Gasteiger partial charge in [-0.05, 0) is 74.9 Å². The highest BCUT2D eigenvalue weighted by Gasteiger charge is 2.16. The van der Waals surface area contributed by atoms with Crippen LogP contribution in [0.25, 0.3) is 0 Å². The minimum atomic E-state index is -0.502. The summed E-state index contributed by atoms with van der Waals surface area (Å²) in [5.41, 5.74) is 5.08. The Morgan fingerprint density at radius 2 is 1.71 bits per heavy atom. The summed E-state index contributed by atoms with van der Waals surface area (Å²) >= 11 is 0. The SMILES string of the molecule is Cc1cc(C)c(C(=O)COC(=O)CCc2c(C)[nH]c(=O)c(C#N)c2C)cc1C. The molecule has 2 aromatic rings. The molecule has 0 radical (unpaired) electrons. The summed E-state index contributed by atoms with van der Waals surface area (Å²) in [5, 5.41) is 9.11. The van der Waals surface area contributed by atoms with Gasteiger partial charge in [0.05, 0.1) is 0 Å². The summed E-state index contributed by atoms with van der Waals surface area (Å²) in [6, 6.07) is 5.65. The molecule has 1 heterocycles. The number of hydrogen-bond acceptors (Lipinski definition) is 5. The summed E-state index contributed by atoms with van der Waals surface area (Å²) in [6.45, 7) is 8.87. The molecule has 28 heavy (non-hydrogen) atoms. The summed E-state index contributed by atoms with van der Waals surface area (Å²) in [7, 11) is 0. The first-order chi connectivity index (χ1) is 13.1. The van der Waals surface area contributed by atoms with Crippen molar-refractivity contribution in [2.45, 2.75) is 47.5 Å². The maximum atomic E-state index is 12.4. The standard InChI is InChI=1S/C22H24N2O4/c1-12-8-14(3)18(9-13(12)2)20(25)11-28-21(26)7-6-17-15(4)19(10-23)22(27)24-16(17)5/h8-9H,6-7,11H2,1-5H3,(H,24,27). The number of carbonyl (C=O) groups is 2. The molecule has 0 unspecified atom stereocenters. The average Bonchev–Trinajstić information content (AvgIpc) is 2.62. The van der Waals surface area contributed by atoms with Crippen molar-refractivity contribution < 1.29 is 14.3 Å². The van der Waals surface area contributed by atoms with Crippen LogP contribution in [-0.2, 0) is 16.0 Å². The topological polar surface area (TPSA) is 100 Å². The molecule has 0 spiro atoms. The molecule has 0 atom stereocenters. The van der Waals surface area contributed by atoms with Crippen molar-refractivity contribution in [3.63, 3.8) is 0 Å². The first-order valence-corrected chi connectivity index (χ1v) is 9.04. The summed E-state index contributed by atoms with van der Waals surface area (Å²) in [5.74, 6) is -0.740. The molecule has 0 aliphatic carbocycles. The third kappa shape index (κ3) is 4.55. The van der Waals surface area contributed by atoms with Crippen LogP contribution >= 0.6 is 0 Å². The van der Waals surface area contributed by atoms with E-state index in [1.807, 2.05) is 39.0 Å². The predicted octanol–water partition coefficient (Wildman–Crippen LogP) is 3.15. The molecule has 0 saturated heterocycles. The number of hydrogen-bond donors (Lipinski definition) is 1. The number of nitrogens with zero attached hydrogens (tertiary/aromatic N) is 1. The molecule has 6 heteroatoms. The van der Waals surface area contributed by atoms with Crippen molar-refractivity contribution in [1.82, 2.24) is 4.98 Å². The zero-order valence-corrected chi connectivity index (χ0v) is 16.9. The Morgan fingerprint density at radius 1 is 1.07 bits per heavy atom. The second-order valence-electron chi connectivity index (χ2n) is 7.00. The van der Waals surface area contributed by atoms with E-state index >= 15 is 0 Å². The van der Waals surface area contributed by atoms with Crippen molar-refractivity contribution in [3.05, 3.63) is 67.1 Å². The van der Waals surface area contributed by atoms with Crippen LogP contribution in [0.15, 0.2) is 16.9 Å². The van der Waals surface area contributed by atoms with Crippen LogP contribution in [-0.4, -0.2) is 23.3 Å². The summed E-state index contributed by atoms with van der Waals surface area (Å²) < 4.78 is 5.14. The van der Waals surface area contributed by atoms with Crippen LogP contribution in [0.4, 0.5) is 0 Å². The van der Waals surface area contributed by atoms with Crippen molar-refractivity contribution >= 4 is 11.8 Å². The Kier molecular flexibility index (Phi) is 6.53. The van der Waals surface area contributed by atoms with Gasteiger partial charge in [0.15, 0.2) is 6.61 Å². The zero-order valence-electron chi connectivity index (χ0n) is 16.9. The molecule has 0 amide bonds. The van der Waals surface area contributed by atoms with Crippen molar-refractivity contribution in [3.8, 4) is 6.07 Å². The van der Waals surface area contributed by atoms with Gasteiger partial charge >= 0.3 is 5.97 Å². The summed E-state index contributed by atoms with van der Waals surface area (Å²) in [4.78, 5) is 38.9. The van der Waals surface area contributed by atoms with E-state index in [0.717, 1.165) is 22.3 Å². The molecule has 0 aliphatic heterocycles. The second-order valence-corrected chi connectivity index (χ2v) is 7.00. The number of nitriles is 1. The molecule has 146 valence electrons. The van der Waals surface area contributed by atoms with Gasteiger partial charge in [-0.2, -0.15) is 5.26 Å². The minimum absolute atomic E-state index is 0.0503. The lowest BCUT2D eigenvalue weighted by Crippen LogP contribution is -2.18. The van der Waals surface area contributed by atoms with Gasteiger partial charge in [0.25, 0.3) is 5.56 Å². The Balaban J connectivity index is 2.01. The van der Waals surface area contributed by atoms with Crippen LogP contribution in [0.5, 0.6) is 0 Å². The molecule has 0 fully saturated rings. The first kappa shape index (κ1) is 21.1. The molecular weight excluding hydrogens is 356 g/mol. The Hall–Kier alpha value is -3.20. The average molecular weight is 380 g/mol. The van der Waals surface area contributed by atoms with Gasteiger partial charge in [0, 0.05) is 17.7 Å². The zero-order chi connectivity index (χ0) is 21.0. The van der Waals surface area contributed by atoms with E-state index in [0.29, 0.717) is 23.2 Å². The molecule has 1 aromatic heterocycles. The number of ether oxygens (including phenoxy) is 1. The van der Waals surface area contributed by atoms with Crippen LogP contribution in [0.1, 0.15) is 55.9 Å². The van der Waals surface area contributed by atoms with E-state index in [4.69, 9.17) is 10.00 Å². The highest BCUT2D eigenvalue weighted by Crippen LogP contribution is 2.17. The highest BCUT2D eigenvalue weighted by molar-refractivity contribution is 5.99. The number of Topliss-reactive ketones (excluding diaryl/α,β-unsaturated/α-hetero) is 1. The molecular formula is C22H24N2O4. The number of aryl methyl sites for hydroxylation is 4. The number of aromatic amines is 1. The van der Waals surface area contributed by atoms with Gasteiger partial charge in [-0.25, -0.2) is 0 Å². The first-order valence-electron chi connectivity index (χ1n) is 9.04. The highest BCUT2D eigenvalue weighted by atomic mass is 16.5. The van der Waals surface area contributed by atoms with Gasteiger partial charge in [-0.3, -0.25) is 14.4 Å². The monoisotopic (exact) mass is 380 g/mol. The number of ketones is 1. The number of rotatable bonds is 6. The van der Waals surface area contributed by atoms with Crippen LogP contribution in [0.2, 0.25) is 0 Å². The second kappa shape index (κ2) is 8.66. The molecule has 6 nitrogen and oxygen atoms in total. The van der Waals surface area contributed by atoms with Crippen molar-refractivity contribution in [2.24, 2.45) is 0 Å². The number of nitrogens with one attached hydrogen (secondary N) is 1. The van der Waals surface area contributed by atoms with Crippen LogP contribution in [0, 0.1) is 45.9 Å². The number of H-pyrrole nitrogens is 1. The van der Waals surface area contributed by atoms with Gasteiger partial charge in [0.1, 0.15) is 11.6 Å². The quantitative estimate of drug-likeness (QED) is 0.613. The lowest BCUT2D eigenvalue weighted by Gasteiger charge is -2.11. The normalized spacial score (nSPS) is 10.4. The van der Waals surface area contributed by atoms with E-state index in [1.165, 1.54) is 0 Å². The molecule has 0 bridgehead atoms. The lowest BCUT2D eigenvalue weighted by atomic mass is 9.98. The fourth-order valence-corrected chi connectivity index (χ4v) is 3.20. The maximum Gasteiger partial charge on any atom is 0.306 e.